The second-order valence-corrected chi connectivity index (χ2v) is 4.18. The van der Waals surface area contributed by atoms with E-state index in [9.17, 15) is 4.79 Å². The number of epoxide rings is 1. The Morgan fingerprint density at radius 2 is 2.19 bits per heavy atom. The van der Waals surface area contributed by atoms with E-state index < -0.39 is 0 Å². The normalized spacial score (nSPS) is 25.1. The molecule has 1 aromatic rings. The summed E-state index contributed by atoms with van der Waals surface area (Å²) in [6, 6.07) is 10.0. The standard InChI is InChI=1S/C13H16O3/c1-10(13-12(7-14)16-13)8-15-9-11-5-3-2-4-6-11/h2-7,10,12-13H,8-9H2,1H3/t10-,12+,13-/m0/s1. The van der Waals surface area contributed by atoms with Crippen LogP contribution in [0.2, 0.25) is 0 Å². The molecule has 2 rings (SSSR count). The van der Waals surface area contributed by atoms with Gasteiger partial charge in [-0.25, -0.2) is 0 Å². The number of aldehydes is 1. The largest absolute Gasteiger partial charge is 0.376 e. The van der Waals surface area contributed by atoms with E-state index in [1.165, 1.54) is 5.56 Å². The molecule has 0 aromatic heterocycles. The first kappa shape index (κ1) is 11.3. The second-order valence-electron chi connectivity index (χ2n) is 4.18. The lowest BCUT2D eigenvalue weighted by atomic mass is 10.1. The van der Waals surface area contributed by atoms with Gasteiger partial charge in [-0.2, -0.15) is 0 Å². The smallest absolute Gasteiger partial charge is 0.151 e. The fourth-order valence-corrected chi connectivity index (χ4v) is 1.74. The molecule has 1 aliphatic rings. The van der Waals surface area contributed by atoms with Gasteiger partial charge < -0.3 is 14.3 Å². The van der Waals surface area contributed by atoms with Gasteiger partial charge in [-0.05, 0) is 5.56 Å². The number of rotatable bonds is 6. The number of carbonyl (C=O) groups is 1. The van der Waals surface area contributed by atoms with Crippen molar-refractivity contribution >= 4 is 6.29 Å². The summed E-state index contributed by atoms with van der Waals surface area (Å²) >= 11 is 0. The van der Waals surface area contributed by atoms with Gasteiger partial charge >= 0.3 is 0 Å². The number of hydrogen-bond acceptors (Lipinski definition) is 3. The highest BCUT2D eigenvalue weighted by Crippen LogP contribution is 2.27. The maximum Gasteiger partial charge on any atom is 0.151 e. The molecule has 0 amide bonds. The van der Waals surface area contributed by atoms with E-state index in [2.05, 4.69) is 0 Å². The molecule has 3 nitrogen and oxygen atoms in total. The Morgan fingerprint density at radius 3 is 2.81 bits per heavy atom. The average Bonchev–Trinajstić information content (AvgIpc) is 3.09. The zero-order valence-electron chi connectivity index (χ0n) is 9.34. The zero-order valence-corrected chi connectivity index (χ0v) is 9.34. The van der Waals surface area contributed by atoms with Crippen LogP contribution in [0.25, 0.3) is 0 Å². The molecule has 86 valence electrons. The lowest BCUT2D eigenvalue weighted by molar-refractivity contribution is -0.108. The molecule has 3 atom stereocenters. The quantitative estimate of drug-likeness (QED) is 0.542. The summed E-state index contributed by atoms with van der Waals surface area (Å²) in [7, 11) is 0. The third kappa shape index (κ3) is 2.90. The fraction of sp³-hybridized carbons (Fsp3) is 0.462. The van der Waals surface area contributed by atoms with Crippen molar-refractivity contribution in [3.8, 4) is 0 Å². The Morgan fingerprint density at radius 1 is 1.44 bits per heavy atom. The van der Waals surface area contributed by atoms with Crippen LogP contribution in [0, 0.1) is 5.92 Å². The molecule has 16 heavy (non-hydrogen) atoms. The maximum atomic E-state index is 10.4. The van der Waals surface area contributed by atoms with Crippen molar-refractivity contribution in [2.45, 2.75) is 25.7 Å². The van der Waals surface area contributed by atoms with E-state index >= 15 is 0 Å². The van der Waals surface area contributed by atoms with Crippen molar-refractivity contribution in [3.63, 3.8) is 0 Å². The third-order valence-corrected chi connectivity index (χ3v) is 2.75. The first-order valence-corrected chi connectivity index (χ1v) is 5.53. The van der Waals surface area contributed by atoms with Gasteiger partial charge in [-0.3, -0.25) is 0 Å². The average molecular weight is 220 g/mol. The Balaban J connectivity index is 1.67. The number of carbonyl (C=O) groups excluding carboxylic acids is 1. The van der Waals surface area contributed by atoms with Gasteiger partial charge in [-0.1, -0.05) is 37.3 Å². The van der Waals surface area contributed by atoms with Crippen LogP contribution < -0.4 is 0 Å². The van der Waals surface area contributed by atoms with Crippen molar-refractivity contribution in [1.29, 1.82) is 0 Å². The molecule has 3 heteroatoms. The summed E-state index contributed by atoms with van der Waals surface area (Å²) in [4.78, 5) is 10.4. The third-order valence-electron chi connectivity index (χ3n) is 2.75. The highest BCUT2D eigenvalue weighted by atomic mass is 16.6. The van der Waals surface area contributed by atoms with Crippen molar-refractivity contribution < 1.29 is 14.3 Å². The van der Waals surface area contributed by atoms with Crippen molar-refractivity contribution in [2.75, 3.05) is 6.61 Å². The van der Waals surface area contributed by atoms with Crippen molar-refractivity contribution in [1.82, 2.24) is 0 Å². The molecule has 0 radical (unpaired) electrons. The van der Waals surface area contributed by atoms with E-state index in [0.717, 1.165) is 6.29 Å². The van der Waals surface area contributed by atoms with Gasteiger partial charge in [0.15, 0.2) is 6.29 Å². The molecule has 1 saturated heterocycles. The SMILES string of the molecule is C[C@@H](COCc1ccccc1)[C@@H]1O[C@@H]1C=O. The second kappa shape index (κ2) is 5.23. The van der Waals surface area contributed by atoms with Crippen LogP contribution >= 0.6 is 0 Å². The van der Waals surface area contributed by atoms with Gasteiger partial charge in [0.25, 0.3) is 0 Å². The summed E-state index contributed by atoms with van der Waals surface area (Å²) in [5, 5.41) is 0. The van der Waals surface area contributed by atoms with Crippen molar-refractivity contribution in [3.05, 3.63) is 35.9 Å². The summed E-state index contributed by atoms with van der Waals surface area (Å²) in [6.45, 7) is 3.28. The lowest BCUT2D eigenvalue weighted by Crippen LogP contribution is -2.14. The molecule has 0 bridgehead atoms. The molecular formula is C13H16O3. The van der Waals surface area contributed by atoms with Crippen LogP contribution in [-0.4, -0.2) is 25.1 Å². The van der Waals surface area contributed by atoms with E-state index in [1.807, 2.05) is 37.3 Å². The molecule has 0 N–H and O–H groups in total. The molecule has 1 fully saturated rings. The predicted octanol–water partition coefficient (Wildman–Crippen LogP) is 1.81. The molecule has 0 spiro atoms. The summed E-state index contributed by atoms with van der Waals surface area (Å²) in [5.41, 5.74) is 1.17. The molecule has 0 saturated carbocycles. The first-order chi connectivity index (χ1) is 7.81. The van der Waals surface area contributed by atoms with Gasteiger partial charge in [-0.15, -0.1) is 0 Å². The molecule has 1 heterocycles. The predicted molar refractivity (Wildman–Crippen MR) is 60.0 cm³/mol. The van der Waals surface area contributed by atoms with Crippen LogP contribution in [0.3, 0.4) is 0 Å². The van der Waals surface area contributed by atoms with Crippen LogP contribution in [0.1, 0.15) is 12.5 Å². The van der Waals surface area contributed by atoms with Crippen LogP contribution in [0.5, 0.6) is 0 Å². The maximum absolute atomic E-state index is 10.4. The molecule has 1 aliphatic heterocycles. The first-order valence-electron chi connectivity index (χ1n) is 5.53. The molecular weight excluding hydrogens is 204 g/mol. The van der Waals surface area contributed by atoms with Crippen LogP contribution in [0.15, 0.2) is 30.3 Å². The number of ether oxygens (including phenoxy) is 2. The Bertz CT molecular complexity index is 336. The highest BCUT2D eigenvalue weighted by molar-refractivity contribution is 5.60. The van der Waals surface area contributed by atoms with Crippen LogP contribution in [-0.2, 0) is 20.9 Å². The van der Waals surface area contributed by atoms with Crippen molar-refractivity contribution in [2.24, 2.45) is 5.92 Å². The lowest BCUT2D eigenvalue weighted by Gasteiger charge is -2.09. The van der Waals surface area contributed by atoms with Gasteiger partial charge in [0, 0.05) is 5.92 Å². The van der Waals surface area contributed by atoms with E-state index in [4.69, 9.17) is 9.47 Å². The topological polar surface area (TPSA) is 38.8 Å². The summed E-state index contributed by atoms with van der Waals surface area (Å²) in [5.74, 6) is 0.277. The number of hydrogen-bond donors (Lipinski definition) is 0. The van der Waals surface area contributed by atoms with Gasteiger partial charge in [0.1, 0.15) is 6.10 Å². The Hall–Kier alpha value is -1.19. The summed E-state index contributed by atoms with van der Waals surface area (Å²) in [6.07, 6.45) is 0.724. The molecule has 0 unspecified atom stereocenters. The Kier molecular flexibility index (Phi) is 3.70. The minimum Gasteiger partial charge on any atom is -0.376 e. The fourth-order valence-electron chi connectivity index (χ4n) is 1.74. The Labute approximate surface area is 95.4 Å². The monoisotopic (exact) mass is 220 g/mol. The number of benzene rings is 1. The van der Waals surface area contributed by atoms with Gasteiger partial charge in [0.05, 0.1) is 19.3 Å². The minimum atomic E-state index is -0.199. The minimum absolute atomic E-state index is 0.0632. The van der Waals surface area contributed by atoms with Crippen LogP contribution in [0.4, 0.5) is 0 Å². The zero-order chi connectivity index (χ0) is 11.4. The molecule has 1 aromatic carbocycles. The van der Waals surface area contributed by atoms with E-state index in [1.54, 1.807) is 0 Å². The highest BCUT2D eigenvalue weighted by Gasteiger charge is 2.42. The van der Waals surface area contributed by atoms with E-state index in [-0.39, 0.29) is 18.1 Å². The molecule has 0 aliphatic carbocycles. The van der Waals surface area contributed by atoms with Gasteiger partial charge in [0.2, 0.25) is 0 Å². The van der Waals surface area contributed by atoms with E-state index in [0.29, 0.717) is 13.2 Å². The summed E-state index contributed by atoms with van der Waals surface area (Å²) < 4.78 is 10.8.